The minimum absolute atomic E-state index is 0. The van der Waals surface area contributed by atoms with Crippen LogP contribution in [0.25, 0.3) is 0 Å². The van der Waals surface area contributed by atoms with Crippen molar-refractivity contribution >= 4 is 28.1 Å². The Balaban J connectivity index is 0.00000256. The fraction of sp³-hybridized carbons (Fsp3) is 0.368. The number of nitrogens with one attached hydrogen (secondary N) is 1. The molecular weight excluding hydrogens is 443 g/mol. The Morgan fingerprint density at radius 3 is 2.40 bits per heavy atom. The van der Waals surface area contributed by atoms with Crippen molar-refractivity contribution in [3.63, 3.8) is 0 Å². The summed E-state index contributed by atoms with van der Waals surface area (Å²) in [6, 6.07) is 10.3. The predicted molar refractivity (Wildman–Crippen MR) is 108 cm³/mol. The zero-order chi connectivity index (χ0) is 20.6. The summed E-state index contributed by atoms with van der Waals surface area (Å²) in [6.07, 6.45) is -4.88. The summed E-state index contributed by atoms with van der Waals surface area (Å²) in [4.78, 5) is 2.00. The van der Waals surface area contributed by atoms with E-state index in [1.165, 1.54) is 16.4 Å². The van der Waals surface area contributed by atoms with Crippen LogP contribution in [0.4, 0.5) is 18.9 Å². The third-order valence-corrected chi connectivity index (χ3v) is 6.85. The third kappa shape index (κ3) is 4.66. The number of hydrogen-bond donors (Lipinski definition) is 1. The summed E-state index contributed by atoms with van der Waals surface area (Å²) < 4.78 is 68.7. The number of hydrogen-bond acceptors (Lipinski definition) is 5. The van der Waals surface area contributed by atoms with Gasteiger partial charge in [-0.2, -0.15) is 4.31 Å². The predicted octanol–water partition coefficient (Wildman–Crippen LogP) is 3.12. The van der Waals surface area contributed by atoms with Crippen molar-refractivity contribution in [3.8, 4) is 5.75 Å². The molecule has 2 aromatic carbocycles. The highest BCUT2D eigenvalue weighted by molar-refractivity contribution is 7.89. The number of rotatable bonds is 4. The summed E-state index contributed by atoms with van der Waals surface area (Å²) >= 11 is 0. The molecule has 30 heavy (non-hydrogen) atoms. The van der Waals surface area contributed by atoms with Crippen LogP contribution < -0.4 is 15.0 Å². The van der Waals surface area contributed by atoms with Gasteiger partial charge < -0.3 is 15.0 Å². The minimum atomic E-state index is -4.88. The second-order valence-electron chi connectivity index (χ2n) is 6.95. The van der Waals surface area contributed by atoms with Crippen LogP contribution in [0.3, 0.4) is 0 Å². The van der Waals surface area contributed by atoms with Gasteiger partial charge in [0.15, 0.2) is 0 Å². The SMILES string of the molecule is Cl.O=S(=O)(c1cccc(OC(F)(F)F)c1)N1Cc2cccc(N3CCNCC3)c2C1. The van der Waals surface area contributed by atoms with Gasteiger partial charge in [0.2, 0.25) is 10.0 Å². The van der Waals surface area contributed by atoms with E-state index in [1.54, 1.807) is 0 Å². The molecular formula is C19H21ClF3N3O3S. The fourth-order valence-corrected chi connectivity index (χ4v) is 5.15. The normalized spacial score (nSPS) is 17.4. The second-order valence-corrected chi connectivity index (χ2v) is 8.89. The maximum Gasteiger partial charge on any atom is 0.573 e. The molecule has 0 atom stereocenters. The van der Waals surface area contributed by atoms with Gasteiger partial charge in [-0.1, -0.05) is 18.2 Å². The van der Waals surface area contributed by atoms with Gasteiger partial charge in [0.05, 0.1) is 4.90 Å². The van der Waals surface area contributed by atoms with Gasteiger partial charge >= 0.3 is 6.36 Å². The number of alkyl halides is 3. The van der Waals surface area contributed by atoms with E-state index in [1.807, 2.05) is 18.2 Å². The van der Waals surface area contributed by atoms with Crippen molar-refractivity contribution < 1.29 is 26.3 Å². The number of ether oxygens (including phenoxy) is 1. The van der Waals surface area contributed by atoms with Crippen molar-refractivity contribution in [2.45, 2.75) is 24.3 Å². The zero-order valence-corrected chi connectivity index (χ0v) is 17.5. The van der Waals surface area contributed by atoms with E-state index in [4.69, 9.17) is 0 Å². The molecule has 2 heterocycles. The summed E-state index contributed by atoms with van der Waals surface area (Å²) in [6.45, 7) is 3.75. The first-order chi connectivity index (χ1) is 13.7. The zero-order valence-electron chi connectivity index (χ0n) is 15.9. The molecule has 164 valence electrons. The topological polar surface area (TPSA) is 61.9 Å². The molecule has 1 saturated heterocycles. The highest BCUT2D eigenvalue weighted by Gasteiger charge is 2.35. The van der Waals surface area contributed by atoms with Gasteiger partial charge in [-0.15, -0.1) is 25.6 Å². The Hall–Kier alpha value is -2.01. The molecule has 6 nitrogen and oxygen atoms in total. The Morgan fingerprint density at radius 2 is 1.70 bits per heavy atom. The van der Waals surface area contributed by atoms with E-state index in [-0.39, 0.29) is 30.4 Å². The first-order valence-corrected chi connectivity index (χ1v) is 10.6. The molecule has 2 aromatic rings. The summed E-state index contributed by atoms with van der Waals surface area (Å²) in [5.41, 5.74) is 2.86. The molecule has 4 rings (SSSR count). The smallest absolute Gasteiger partial charge is 0.406 e. The van der Waals surface area contributed by atoms with Crippen molar-refractivity contribution in [2.24, 2.45) is 0 Å². The summed E-state index contributed by atoms with van der Waals surface area (Å²) in [5.74, 6) is -0.559. The molecule has 1 fully saturated rings. The largest absolute Gasteiger partial charge is 0.573 e. The molecule has 0 bridgehead atoms. The first kappa shape index (κ1) is 22.7. The quantitative estimate of drug-likeness (QED) is 0.755. The lowest BCUT2D eigenvalue weighted by Crippen LogP contribution is -2.43. The Morgan fingerprint density at radius 1 is 1.00 bits per heavy atom. The fourth-order valence-electron chi connectivity index (χ4n) is 3.73. The maximum atomic E-state index is 13.1. The molecule has 0 aromatic heterocycles. The lowest BCUT2D eigenvalue weighted by Gasteiger charge is -2.31. The van der Waals surface area contributed by atoms with Crippen molar-refractivity contribution in [1.82, 2.24) is 9.62 Å². The Labute approximate surface area is 179 Å². The average Bonchev–Trinajstić information content (AvgIpc) is 3.13. The van der Waals surface area contributed by atoms with Crippen LogP contribution in [0.2, 0.25) is 0 Å². The van der Waals surface area contributed by atoms with Gasteiger partial charge in [-0.3, -0.25) is 0 Å². The van der Waals surface area contributed by atoms with Crippen molar-refractivity contribution in [2.75, 3.05) is 31.1 Å². The van der Waals surface area contributed by atoms with Gasteiger partial charge in [0.1, 0.15) is 5.75 Å². The van der Waals surface area contributed by atoms with Crippen LogP contribution in [0.15, 0.2) is 47.4 Å². The highest BCUT2D eigenvalue weighted by atomic mass is 35.5. The maximum absolute atomic E-state index is 13.1. The molecule has 2 aliphatic rings. The summed E-state index contributed by atoms with van der Waals surface area (Å²) in [7, 11) is -3.98. The highest BCUT2D eigenvalue weighted by Crippen LogP contribution is 2.35. The molecule has 0 spiro atoms. The van der Waals surface area contributed by atoms with Gasteiger partial charge in [-0.25, -0.2) is 8.42 Å². The Bertz CT molecular complexity index is 1010. The molecule has 0 saturated carbocycles. The Kier molecular flexibility index (Phi) is 6.51. The summed E-state index contributed by atoms with van der Waals surface area (Å²) in [5, 5.41) is 3.29. The van der Waals surface area contributed by atoms with E-state index in [2.05, 4.69) is 15.0 Å². The number of nitrogens with zero attached hydrogens (tertiary/aromatic N) is 2. The molecule has 0 radical (unpaired) electrons. The molecule has 0 aliphatic carbocycles. The number of halogens is 4. The van der Waals surface area contributed by atoms with Crippen LogP contribution in [-0.2, 0) is 23.1 Å². The lowest BCUT2D eigenvalue weighted by atomic mass is 10.1. The van der Waals surface area contributed by atoms with Gasteiger partial charge in [-0.05, 0) is 29.3 Å². The van der Waals surface area contributed by atoms with Crippen molar-refractivity contribution in [3.05, 3.63) is 53.6 Å². The number of anilines is 1. The number of fused-ring (bicyclic) bond motifs is 1. The molecule has 0 amide bonds. The van der Waals surface area contributed by atoms with Crippen molar-refractivity contribution in [1.29, 1.82) is 0 Å². The van der Waals surface area contributed by atoms with Crippen LogP contribution in [0.1, 0.15) is 11.1 Å². The molecule has 0 unspecified atom stereocenters. The standard InChI is InChI=1S/C19H20F3N3O3S.ClH/c20-19(21,22)28-15-4-2-5-16(11-15)29(26,27)25-12-14-3-1-6-18(17(14)13-25)24-9-7-23-8-10-24;/h1-6,11,23H,7-10,12-13H2;1H. The van der Waals surface area contributed by atoms with Gasteiger partial charge in [0, 0.05) is 51.0 Å². The monoisotopic (exact) mass is 463 g/mol. The lowest BCUT2D eigenvalue weighted by molar-refractivity contribution is -0.274. The molecule has 2 aliphatic heterocycles. The van der Waals surface area contributed by atoms with Crippen LogP contribution in [-0.4, -0.2) is 45.3 Å². The number of sulfonamides is 1. The molecule has 1 N–H and O–H groups in total. The van der Waals surface area contributed by atoms with E-state index in [9.17, 15) is 21.6 Å². The van der Waals surface area contributed by atoms with Crippen LogP contribution in [0.5, 0.6) is 5.75 Å². The van der Waals surface area contributed by atoms with E-state index >= 15 is 0 Å². The van der Waals surface area contributed by atoms with E-state index < -0.39 is 22.1 Å². The second kappa shape index (κ2) is 8.62. The van der Waals surface area contributed by atoms with Gasteiger partial charge in [0.25, 0.3) is 0 Å². The number of benzene rings is 2. The minimum Gasteiger partial charge on any atom is -0.406 e. The average molecular weight is 464 g/mol. The van der Waals surface area contributed by atoms with Crippen LogP contribution >= 0.6 is 12.4 Å². The third-order valence-electron chi connectivity index (χ3n) is 5.06. The first-order valence-electron chi connectivity index (χ1n) is 9.16. The van der Waals surface area contributed by atoms with Crippen LogP contribution in [0, 0.1) is 0 Å². The van der Waals surface area contributed by atoms with E-state index in [0.717, 1.165) is 55.1 Å². The van der Waals surface area contributed by atoms with E-state index in [0.29, 0.717) is 0 Å². The molecule has 11 heteroatoms. The number of piperazine rings is 1.